The van der Waals surface area contributed by atoms with E-state index in [-0.39, 0.29) is 11.9 Å². The second kappa shape index (κ2) is 3.58. The monoisotopic (exact) mass is 209 g/mol. The van der Waals surface area contributed by atoms with Crippen molar-refractivity contribution in [1.29, 1.82) is 0 Å². The topological polar surface area (TPSA) is 46.2 Å². The van der Waals surface area contributed by atoms with E-state index < -0.39 is 5.60 Å². The smallest absolute Gasteiger partial charge is 0.129 e. The summed E-state index contributed by atoms with van der Waals surface area (Å²) in [5.74, 6) is -0.336. The molecule has 0 spiro atoms. The summed E-state index contributed by atoms with van der Waals surface area (Å²) in [5, 5.41) is 10.3. The van der Waals surface area contributed by atoms with Crippen molar-refractivity contribution >= 4 is 0 Å². The highest BCUT2D eigenvalue weighted by atomic mass is 19.1. The number of benzene rings is 1. The first-order valence-corrected chi connectivity index (χ1v) is 5.26. The molecule has 15 heavy (non-hydrogen) atoms. The van der Waals surface area contributed by atoms with Crippen LogP contribution in [0.2, 0.25) is 0 Å². The van der Waals surface area contributed by atoms with Crippen molar-refractivity contribution in [1.82, 2.24) is 0 Å². The van der Waals surface area contributed by atoms with Gasteiger partial charge in [-0.2, -0.15) is 0 Å². The van der Waals surface area contributed by atoms with Gasteiger partial charge >= 0.3 is 0 Å². The third kappa shape index (κ3) is 1.90. The Morgan fingerprint density at radius 2 is 2.27 bits per heavy atom. The van der Waals surface area contributed by atoms with E-state index in [0.717, 1.165) is 12.0 Å². The highest BCUT2D eigenvalue weighted by Gasteiger charge is 2.39. The van der Waals surface area contributed by atoms with Crippen molar-refractivity contribution in [2.75, 3.05) is 0 Å². The molecule has 0 aliphatic heterocycles. The van der Waals surface area contributed by atoms with Crippen molar-refractivity contribution < 1.29 is 9.50 Å². The lowest BCUT2D eigenvalue weighted by molar-refractivity contribution is 0.0393. The first kappa shape index (κ1) is 10.6. The van der Waals surface area contributed by atoms with E-state index in [1.807, 2.05) is 6.92 Å². The standard InChI is InChI=1S/C12H16FNO/c1-8-2-3-11(13)10(6-8)12(15)5-4-9(14)7-12/h2-3,6,9,15H,4-5,7,14H2,1H3. The summed E-state index contributed by atoms with van der Waals surface area (Å²) in [7, 11) is 0. The summed E-state index contributed by atoms with van der Waals surface area (Å²) < 4.78 is 13.6. The van der Waals surface area contributed by atoms with E-state index in [2.05, 4.69) is 0 Å². The molecule has 1 aromatic rings. The molecule has 0 saturated heterocycles. The minimum atomic E-state index is -1.06. The van der Waals surface area contributed by atoms with Crippen LogP contribution in [0.4, 0.5) is 4.39 Å². The van der Waals surface area contributed by atoms with Crippen LogP contribution in [0.25, 0.3) is 0 Å². The quantitative estimate of drug-likeness (QED) is 0.741. The molecular weight excluding hydrogens is 193 g/mol. The summed E-state index contributed by atoms with van der Waals surface area (Å²) in [6.07, 6.45) is 1.76. The predicted molar refractivity (Wildman–Crippen MR) is 56.9 cm³/mol. The first-order valence-electron chi connectivity index (χ1n) is 5.26. The van der Waals surface area contributed by atoms with Gasteiger partial charge in [0.2, 0.25) is 0 Å². The fourth-order valence-electron chi connectivity index (χ4n) is 2.30. The van der Waals surface area contributed by atoms with Gasteiger partial charge in [0.05, 0.1) is 5.60 Å². The molecule has 0 heterocycles. The van der Waals surface area contributed by atoms with Gasteiger partial charge in [-0.15, -0.1) is 0 Å². The Kier molecular flexibility index (Phi) is 2.52. The highest BCUT2D eigenvalue weighted by molar-refractivity contribution is 5.30. The van der Waals surface area contributed by atoms with Gasteiger partial charge in [0, 0.05) is 11.6 Å². The van der Waals surface area contributed by atoms with Crippen LogP contribution in [0, 0.1) is 12.7 Å². The SMILES string of the molecule is Cc1ccc(F)c(C2(O)CCC(N)C2)c1. The van der Waals surface area contributed by atoms with E-state index in [0.29, 0.717) is 18.4 Å². The fraction of sp³-hybridized carbons (Fsp3) is 0.500. The van der Waals surface area contributed by atoms with Crippen LogP contribution in [-0.4, -0.2) is 11.1 Å². The number of hydrogen-bond donors (Lipinski definition) is 2. The fourth-order valence-corrected chi connectivity index (χ4v) is 2.30. The van der Waals surface area contributed by atoms with Crippen molar-refractivity contribution in [3.63, 3.8) is 0 Å². The lowest BCUT2D eigenvalue weighted by Crippen LogP contribution is -2.26. The van der Waals surface area contributed by atoms with Crippen LogP contribution in [0.3, 0.4) is 0 Å². The molecule has 1 fully saturated rings. The van der Waals surface area contributed by atoms with Crippen LogP contribution in [0.1, 0.15) is 30.4 Å². The average molecular weight is 209 g/mol. The average Bonchev–Trinajstić information content (AvgIpc) is 2.52. The van der Waals surface area contributed by atoms with E-state index >= 15 is 0 Å². The summed E-state index contributed by atoms with van der Waals surface area (Å²) in [6, 6.07) is 4.81. The lowest BCUT2D eigenvalue weighted by atomic mass is 9.90. The Labute approximate surface area is 88.9 Å². The van der Waals surface area contributed by atoms with Crippen molar-refractivity contribution in [3.8, 4) is 0 Å². The summed E-state index contributed by atoms with van der Waals surface area (Å²) in [5.41, 5.74) is 6.05. The van der Waals surface area contributed by atoms with Gasteiger partial charge in [0.25, 0.3) is 0 Å². The molecule has 3 N–H and O–H groups in total. The third-order valence-corrected chi connectivity index (χ3v) is 3.15. The third-order valence-electron chi connectivity index (χ3n) is 3.15. The zero-order valence-corrected chi connectivity index (χ0v) is 8.83. The summed E-state index contributed by atoms with van der Waals surface area (Å²) in [6.45, 7) is 1.89. The molecule has 2 nitrogen and oxygen atoms in total. The second-order valence-corrected chi connectivity index (χ2v) is 4.52. The van der Waals surface area contributed by atoms with Crippen molar-refractivity contribution in [2.24, 2.45) is 5.73 Å². The normalized spacial score (nSPS) is 30.8. The zero-order valence-electron chi connectivity index (χ0n) is 8.83. The zero-order chi connectivity index (χ0) is 11.1. The van der Waals surface area contributed by atoms with Gasteiger partial charge in [-0.1, -0.05) is 17.7 Å². The number of rotatable bonds is 1. The lowest BCUT2D eigenvalue weighted by Gasteiger charge is -2.24. The highest BCUT2D eigenvalue weighted by Crippen LogP contribution is 2.39. The van der Waals surface area contributed by atoms with E-state index in [9.17, 15) is 9.50 Å². The first-order chi connectivity index (χ1) is 7.01. The van der Waals surface area contributed by atoms with E-state index in [1.54, 1.807) is 12.1 Å². The Bertz CT molecular complexity index is 380. The molecule has 2 atom stereocenters. The molecule has 3 heteroatoms. The minimum Gasteiger partial charge on any atom is -0.385 e. The predicted octanol–water partition coefficient (Wildman–Crippen LogP) is 1.83. The maximum absolute atomic E-state index is 13.6. The number of hydrogen-bond acceptors (Lipinski definition) is 2. The maximum atomic E-state index is 13.6. The van der Waals surface area contributed by atoms with Crippen molar-refractivity contribution in [2.45, 2.75) is 37.8 Å². The summed E-state index contributed by atoms with van der Waals surface area (Å²) >= 11 is 0. The van der Waals surface area contributed by atoms with Gasteiger partial charge in [-0.3, -0.25) is 0 Å². The minimum absolute atomic E-state index is 0.0186. The number of aliphatic hydroxyl groups is 1. The molecule has 1 aliphatic carbocycles. The molecule has 0 bridgehead atoms. The Hall–Kier alpha value is -0.930. The number of halogens is 1. The maximum Gasteiger partial charge on any atom is 0.129 e. The van der Waals surface area contributed by atoms with E-state index in [4.69, 9.17) is 5.73 Å². The molecule has 0 radical (unpaired) electrons. The second-order valence-electron chi connectivity index (χ2n) is 4.52. The van der Waals surface area contributed by atoms with Gasteiger partial charge in [-0.25, -0.2) is 4.39 Å². The van der Waals surface area contributed by atoms with E-state index in [1.165, 1.54) is 6.07 Å². The Morgan fingerprint density at radius 3 is 2.87 bits per heavy atom. The van der Waals surface area contributed by atoms with Gasteiger partial charge in [-0.05, 0) is 32.3 Å². The van der Waals surface area contributed by atoms with Crippen LogP contribution >= 0.6 is 0 Å². The molecule has 2 unspecified atom stereocenters. The molecule has 1 aliphatic rings. The molecular formula is C12H16FNO. The van der Waals surface area contributed by atoms with Crippen LogP contribution in [0.5, 0.6) is 0 Å². The van der Waals surface area contributed by atoms with Crippen molar-refractivity contribution in [3.05, 3.63) is 35.1 Å². The van der Waals surface area contributed by atoms with Crippen LogP contribution in [0.15, 0.2) is 18.2 Å². The van der Waals surface area contributed by atoms with Gasteiger partial charge < -0.3 is 10.8 Å². The van der Waals surface area contributed by atoms with Crippen LogP contribution < -0.4 is 5.73 Å². The number of aryl methyl sites for hydroxylation is 1. The molecule has 1 saturated carbocycles. The van der Waals surface area contributed by atoms with Gasteiger partial charge in [0.1, 0.15) is 5.82 Å². The molecule has 0 amide bonds. The largest absolute Gasteiger partial charge is 0.385 e. The molecule has 82 valence electrons. The Balaban J connectivity index is 2.40. The van der Waals surface area contributed by atoms with Gasteiger partial charge in [0.15, 0.2) is 0 Å². The summed E-state index contributed by atoms with van der Waals surface area (Å²) in [4.78, 5) is 0. The molecule has 0 aromatic heterocycles. The Morgan fingerprint density at radius 1 is 1.53 bits per heavy atom. The molecule has 1 aromatic carbocycles. The molecule has 2 rings (SSSR count). The number of nitrogens with two attached hydrogens (primary N) is 1. The van der Waals surface area contributed by atoms with Crippen LogP contribution in [-0.2, 0) is 5.60 Å².